The van der Waals surface area contributed by atoms with Gasteiger partial charge in [0.2, 0.25) is 0 Å². The van der Waals surface area contributed by atoms with E-state index in [1.807, 2.05) is 17.8 Å². The lowest BCUT2D eigenvalue weighted by Crippen LogP contribution is -2.22. The van der Waals surface area contributed by atoms with E-state index in [1.54, 1.807) is 6.20 Å². The van der Waals surface area contributed by atoms with Crippen molar-refractivity contribution in [3.05, 3.63) is 18.0 Å². The average Bonchev–Trinajstić information content (AvgIpc) is 2.57. The Morgan fingerprint density at radius 1 is 1.75 bits per heavy atom. The van der Waals surface area contributed by atoms with Crippen LogP contribution in [0.2, 0.25) is 0 Å². The van der Waals surface area contributed by atoms with Gasteiger partial charge in [0.15, 0.2) is 0 Å². The Kier molecular flexibility index (Phi) is 4.18. The number of H-pyrrole nitrogens is 1. The Morgan fingerprint density at radius 3 is 3.17 bits per heavy atom. The van der Waals surface area contributed by atoms with Crippen molar-refractivity contribution in [1.82, 2.24) is 15.5 Å². The van der Waals surface area contributed by atoms with Crippen LogP contribution < -0.4 is 5.32 Å². The van der Waals surface area contributed by atoms with Crippen LogP contribution in [0.25, 0.3) is 0 Å². The lowest BCUT2D eigenvalue weighted by molar-refractivity contribution is 0.671. The largest absolute Gasteiger partial charge is 0.310 e. The lowest BCUT2D eigenvalue weighted by Gasteiger charge is -2.08. The van der Waals surface area contributed by atoms with Crippen molar-refractivity contribution in [3.63, 3.8) is 0 Å². The van der Waals surface area contributed by atoms with Crippen LogP contribution in [-0.2, 0) is 6.54 Å². The summed E-state index contributed by atoms with van der Waals surface area (Å²) in [6.07, 6.45) is 3.90. The molecular formula is C8H15N3S. The molecular weight excluding hydrogens is 170 g/mol. The standard InChI is InChI=1S/C8H15N3S/c1-7(12-2)5-9-6-8-3-4-10-11-8/h3-4,7,9H,5-6H2,1-2H3,(H,10,11). The summed E-state index contributed by atoms with van der Waals surface area (Å²) in [5.41, 5.74) is 1.14. The van der Waals surface area contributed by atoms with Crippen molar-refractivity contribution in [1.29, 1.82) is 0 Å². The number of nitrogens with one attached hydrogen (secondary N) is 2. The number of nitrogens with zero attached hydrogens (tertiary/aromatic N) is 1. The molecule has 2 N–H and O–H groups in total. The maximum absolute atomic E-state index is 3.87. The molecule has 0 saturated carbocycles. The number of aromatic amines is 1. The van der Waals surface area contributed by atoms with E-state index >= 15 is 0 Å². The van der Waals surface area contributed by atoms with Gasteiger partial charge in [0.25, 0.3) is 0 Å². The highest BCUT2D eigenvalue weighted by Crippen LogP contribution is 2.02. The SMILES string of the molecule is CSC(C)CNCc1ccn[nH]1. The molecule has 3 nitrogen and oxygen atoms in total. The van der Waals surface area contributed by atoms with Crippen LogP contribution in [-0.4, -0.2) is 28.2 Å². The molecule has 0 spiro atoms. The lowest BCUT2D eigenvalue weighted by atomic mass is 10.4. The summed E-state index contributed by atoms with van der Waals surface area (Å²) in [6, 6.07) is 1.98. The Labute approximate surface area is 77.3 Å². The molecule has 4 heteroatoms. The highest BCUT2D eigenvalue weighted by molar-refractivity contribution is 7.99. The first-order chi connectivity index (χ1) is 5.83. The second-order valence-electron chi connectivity index (χ2n) is 2.76. The number of aromatic nitrogens is 2. The van der Waals surface area contributed by atoms with Crippen LogP contribution in [0.1, 0.15) is 12.6 Å². The molecule has 1 aromatic heterocycles. The summed E-state index contributed by atoms with van der Waals surface area (Å²) in [4.78, 5) is 0. The van der Waals surface area contributed by atoms with Crippen molar-refractivity contribution in [2.24, 2.45) is 0 Å². The molecule has 0 radical (unpaired) electrons. The average molecular weight is 185 g/mol. The van der Waals surface area contributed by atoms with Crippen LogP contribution in [0.3, 0.4) is 0 Å². The van der Waals surface area contributed by atoms with E-state index in [2.05, 4.69) is 28.7 Å². The van der Waals surface area contributed by atoms with Gasteiger partial charge < -0.3 is 5.32 Å². The minimum Gasteiger partial charge on any atom is -0.310 e. The van der Waals surface area contributed by atoms with Crippen LogP contribution in [0.15, 0.2) is 12.3 Å². The van der Waals surface area contributed by atoms with Gasteiger partial charge in [0, 0.05) is 30.2 Å². The zero-order valence-electron chi connectivity index (χ0n) is 7.50. The fourth-order valence-electron chi connectivity index (χ4n) is 0.877. The molecule has 0 aliphatic carbocycles. The minimum atomic E-state index is 0.674. The number of hydrogen-bond acceptors (Lipinski definition) is 3. The van der Waals surface area contributed by atoms with Gasteiger partial charge in [-0.1, -0.05) is 6.92 Å². The summed E-state index contributed by atoms with van der Waals surface area (Å²) in [5.74, 6) is 0. The van der Waals surface area contributed by atoms with Gasteiger partial charge in [-0.15, -0.1) is 0 Å². The monoisotopic (exact) mass is 185 g/mol. The molecule has 68 valence electrons. The molecule has 1 heterocycles. The first-order valence-electron chi connectivity index (χ1n) is 4.04. The quantitative estimate of drug-likeness (QED) is 0.725. The molecule has 1 atom stereocenters. The normalized spacial score (nSPS) is 13.2. The van der Waals surface area contributed by atoms with E-state index in [0.29, 0.717) is 5.25 Å². The predicted octanol–water partition coefficient (Wildman–Crippen LogP) is 1.25. The maximum atomic E-state index is 3.87. The van der Waals surface area contributed by atoms with Crippen molar-refractivity contribution < 1.29 is 0 Å². The van der Waals surface area contributed by atoms with Gasteiger partial charge >= 0.3 is 0 Å². The Hall–Kier alpha value is -0.480. The fourth-order valence-corrected chi connectivity index (χ4v) is 1.16. The molecule has 0 aromatic carbocycles. The second-order valence-corrected chi connectivity index (χ2v) is 4.04. The third-order valence-electron chi connectivity index (χ3n) is 1.71. The summed E-state index contributed by atoms with van der Waals surface area (Å²) < 4.78 is 0. The van der Waals surface area contributed by atoms with Gasteiger partial charge in [-0.25, -0.2) is 0 Å². The van der Waals surface area contributed by atoms with Crippen LogP contribution in [0, 0.1) is 0 Å². The Balaban J connectivity index is 2.11. The third-order valence-corrected chi connectivity index (χ3v) is 2.68. The van der Waals surface area contributed by atoms with E-state index in [4.69, 9.17) is 0 Å². The van der Waals surface area contributed by atoms with E-state index < -0.39 is 0 Å². The van der Waals surface area contributed by atoms with Gasteiger partial charge in [-0.05, 0) is 12.3 Å². The molecule has 0 fully saturated rings. The smallest absolute Gasteiger partial charge is 0.0490 e. The van der Waals surface area contributed by atoms with Gasteiger partial charge in [-0.3, -0.25) is 5.10 Å². The zero-order valence-corrected chi connectivity index (χ0v) is 8.32. The fraction of sp³-hybridized carbons (Fsp3) is 0.625. The van der Waals surface area contributed by atoms with E-state index in [-0.39, 0.29) is 0 Å². The summed E-state index contributed by atoms with van der Waals surface area (Å²) in [7, 11) is 0. The summed E-state index contributed by atoms with van der Waals surface area (Å²) in [6.45, 7) is 4.13. The Morgan fingerprint density at radius 2 is 2.58 bits per heavy atom. The van der Waals surface area contributed by atoms with E-state index in [9.17, 15) is 0 Å². The summed E-state index contributed by atoms with van der Waals surface area (Å²) >= 11 is 1.87. The molecule has 0 bridgehead atoms. The highest BCUT2D eigenvalue weighted by atomic mass is 32.2. The molecule has 0 amide bonds. The van der Waals surface area contributed by atoms with Crippen molar-refractivity contribution in [3.8, 4) is 0 Å². The second kappa shape index (κ2) is 5.22. The van der Waals surface area contributed by atoms with E-state index in [1.165, 1.54) is 0 Å². The molecule has 1 aromatic rings. The molecule has 12 heavy (non-hydrogen) atoms. The van der Waals surface area contributed by atoms with Crippen molar-refractivity contribution in [2.45, 2.75) is 18.7 Å². The third kappa shape index (κ3) is 3.28. The van der Waals surface area contributed by atoms with E-state index in [0.717, 1.165) is 18.8 Å². The van der Waals surface area contributed by atoms with Gasteiger partial charge in [0.05, 0.1) is 0 Å². The number of thioether (sulfide) groups is 1. The highest BCUT2D eigenvalue weighted by Gasteiger charge is 1.98. The first-order valence-corrected chi connectivity index (χ1v) is 5.33. The summed E-state index contributed by atoms with van der Waals surface area (Å²) in [5, 5.41) is 10.8. The minimum absolute atomic E-state index is 0.674. The van der Waals surface area contributed by atoms with Crippen molar-refractivity contribution in [2.75, 3.05) is 12.8 Å². The molecule has 0 saturated heterocycles. The van der Waals surface area contributed by atoms with Crippen molar-refractivity contribution >= 4 is 11.8 Å². The topological polar surface area (TPSA) is 40.7 Å². The molecule has 0 aliphatic rings. The van der Waals surface area contributed by atoms with Gasteiger partial charge in [-0.2, -0.15) is 16.9 Å². The van der Waals surface area contributed by atoms with Crippen LogP contribution in [0.4, 0.5) is 0 Å². The molecule has 1 unspecified atom stereocenters. The van der Waals surface area contributed by atoms with Crippen LogP contribution in [0.5, 0.6) is 0 Å². The van der Waals surface area contributed by atoms with Crippen LogP contribution >= 0.6 is 11.8 Å². The maximum Gasteiger partial charge on any atom is 0.0490 e. The predicted molar refractivity (Wildman–Crippen MR) is 53.3 cm³/mol. The molecule has 1 rings (SSSR count). The first kappa shape index (κ1) is 9.61. The zero-order chi connectivity index (χ0) is 8.81. The number of rotatable bonds is 5. The number of hydrogen-bond donors (Lipinski definition) is 2. The molecule has 0 aliphatic heterocycles. The Bertz CT molecular complexity index is 198. The van der Waals surface area contributed by atoms with Gasteiger partial charge in [0.1, 0.15) is 0 Å².